The van der Waals surface area contributed by atoms with Crippen molar-refractivity contribution in [1.82, 2.24) is 9.78 Å². The highest BCUT2D eigenvalue weighted by Crippen LogP contribution is 2.26. The van der Waals surface area contributed by atoms with E-state index in [4.69, 9.17) is 4.74 Å². The molecular formula is C15H16N2O2. The summed E-state index contributed by atoms with van der Waals surface area (Å²) < 4.78 is 7.57. The third-order valence-corrected chi connectivity index (χ3v) is 3.35. The Morgan fingerprint density at radius 3 is 3.05 bits per heavy atom. The van der Waals surface area contributed by atoms with Gasteiger partial charge >= 0.3 is 0 Å². The zero-order chi connectivity index (χ0) is 13.2. The van der Waals surface area contributed by atoms with E-state index >= 15 is 0 Å². The van der Waals surface area contributed by atoms with Crippen molar-refractivity contribution in [3.8, 4) is 5.75 Å². The van der Waals surface area contributed by atoms with Gasteiger partial charge in [0.1, 0.15) is 12.4 Å². The number of aryl methyl sites for hydroxylation is 2. The molecule has 1 heterocycles. The number of Topliss-reactive ketones (excluding diaryl/α,β-unsaturated/α-hetero) is 1. The third kappa shape index (κ3) is 2.52. The fourth-order valence-corrected chi connectivity index (χ4v) is 2.37. The summed E-state index contributed by atoms with van der Waals surface area (Å²) in [6, 6.07) is 5.73. The Bertz CT molecular complexity index is 616. The van der Waals surface area contributed by atoms with Crippen LogP contribution in [0.25, 0.3) is 0 Å². The summed E-state index contributed by atoms with van der Waals surface area (Å²) in [5.41, 5.74) is 3.11. The molecule has 3 rings (SSSR count). The molecule has 0 fully saturated rings. The Morgan fingerprint density at radius 1 is 1.37 bits per heavy atom. The first-order chi connectivity index (χ1) is 9.22. The molecule has 0 bridgehead atoms. The second-order valence-corrected chi connectivity index (χ2v) is 4.87. The average molecular weight is 256 g/mol. The van der Waals surface area contributed by atoms with Crippen molar-refractivity contribution in [2.45, 2.75) is 26.3 Å². The van der Waals surface area contributed by atoms with Crippen LogP contribution in [0.15, 0.2) is 30.6 Å². The number of carbonyl (C=O) groups is 1. The van der Waals surface area contributed by atoms with E-state index in [1.165, 1.54) is 0 Å². The highest BCUT2D eigenvalue weighted by molar-refractivity contribution is 6.00. The van der Waals surface area contributed by atoms with Crippen LogP contribution in [0.1, 0.15) is 27.9 Å². The standard InChI is InChI=1S/C15H16N2O2/c1-11-9-16-17(10-11)6-7-19-13-3-4-14-12(8-13)2-5-15(14)18/h3-4,8-10H,2,5-7H2,1H3. The second-order valence-electron chi connectivity index (χ2n) is 4.87. The molecular weight excluding hydrogens is 240 g/mol. The van der Waals surface area contributed by atoms with Gasteiger partial charge in [-0.1, -0.05) is 0 Å². The molecule has 1 aromatic heterocycles. The Hall–Kier alpha value is -2.10. The van der Waals surface area contributed by atoms with Crippen LogP contribution in [0.3, 0.4) is 0 Å². The summed E-state index contributed by atoms with van der Waals surface area (Å²) in [5, 5.41) is 4.21. The molecule has 0 aliphatic heterocycles. The van der Waals surface area contributed by atoms with E-state index in [0.29, 0.717) is 13.0 Å². The Labute approximate surface area is 112 Å². The number of benzene rings is 1. The molecule has 2 aromatic rings. The summed E-state index contributed by atoms with van der Waals surface area (Å²) >= 11 is 0. The molecule has 0 saturated heterocycles. The maximum absolute atomic E-state index is 11.5. The van der Waals surface area contributed by atoms with Gasteiger partial charge in [0.25, 0.3) is 0 Å². The minimum Gasteiger partial charge on any atom is -0.492 e. The normalized spacial score (nSPS) is 13.6. The lowest BCUT2D eigenvalue weighted by Crippen LogP contribution is -2.08. The molecule has 98 valence electrons. The summed E-state index contributed by atoms with van der Waals surface area (Å²) in [6.45, 7) is 3.32. The van der Waals surface area contributed by atoms with Crippen molar-refractivity contribution >= 4 is 5.78 Å². The SMILES string of the molecule is Cc1cnn(CCOc2ccc3c(c2)CCC3=O)c1. The Balaban J connectivity index is 1.60. The molecule has 1 aromatic carbocycles. The van der Waals surface area contributed by atoms with E-state index in [9.17, 15) is 4.79 Å². The van der Waals surface area contributed by atoms with E-state index < -0.39 is 0 Å². The van der Waals surface area contributed by atoms with Gasteiger partial charge in [-0.3, -0.25) is 9.48 Å². The van der Waals surface area contributed by atoms with Crippen LogP contribution in [-0.4, -0.2) is 22.2 Å². The molecule has 0 spiro atoms. The van der Waals surface area contributed by atoms with E-state index in [1.807, 2.05) is 42.2 Å². The van der Waals surface area contributed by atoms with Crippen LogP contribution >= 0.6 is 0 Å². The lowest BCUT2D eigenvalue weighted by atomic mass is 10.1. The highest BCUT2D eigenvalue weighted by atomic mass is 16.5. The minimum atomic E-state index is 0.244. The molecule has 0 saturated carbocycles. The van der Waals surface area contributed by atoms with Gasteiger partial charge in [-0.15, -0.1) is 0 Å². The molecule has 4 nitrogen and oxygen atoms in total. The number of rotatable bonds is 4. The smallest absolute Gasteiger partial charge is 0.163 e. The van der Waals surface area contributed by atoms with Crippen LogP contribution in [0, 0.1) is 6.92 Å². The van der Waals surface area contributed by atoms with Crippen LogP contribution < -0.4 is 4.74 Å². The number of hydrogen-bond donors (Lipinski definition) is 0. The van der Waals surface area contributed by atoms with Gasteiger partial charge in [-0.05, 0) is 42.7 Å². The van der Waals surface area contributed by atoms with Crippen LogP contribution in [-0.2, 0) is 13.0 Å². The zero-order valence-electron chi connectivity index (χ0n) is 10.9. The number of fused-ring (bicyclic) bond motifs is 1. The van der Waals surface area contributed by atoms with Crippen LogP contribution in [0.5, 0.6) is 5.75 Å². The van der Waals surface area contributed by atoms with Gasteiger partial charge in [0, 0.05) is 18.2 Å². The van der Waals surface area contributed by atoms with Crippen molar-refractivity contribution in [3.63, 3.8) is 0 Å². The predicted octanol–water partition coefficient (Wildman–Crippen LogP) is 2.40. The van der Waals surface area contributed by atoms with Crippen molar-refractivity contribution in [3.05, 3.63) is 47.3 Å². The molecule has 0 atom stereocenters. The monoisotopic (exact) mass is 256 g/mol. The third-order valence-electron chi connectivity index (χ3n) is 3.35. The minimum absolute atomic E-state index is 0.244. The predicted molar refractivity (Wildman–Crippen MR) is 71.6 cm³/mol. The molecule has 0 radical (unpaired) electrons. The average Bonchev–Trinajstić information content (AvgIpc) is 2.97. The van der Waals surface area contributed by atoms with Gasteiger partial charge in [-0.25, -0.2) is 0 Å². The summed E-state index contributed by atoms with van der Waals surface area (Å²) in [6.07, 6.45) is 5.29. The number of aromatic nitrogens is 2. The molecule has 1 aliphatic rings. The zero-order valence-corrected chi connectivity index (χ0v) is 10.9. The number of hydrogen-bond acceptors (Lipinski definition) is 3. The summed E-state index contributed by atoms with van der Waals surface area (Å²) in [4.78, 5) is 11.5. The number of carbonyl (C=O) groups excluding carboxylic acids is 1. The van der Waals surface area contributed by atoms with Crippen molar-refractivity contribution in [1.29, 1.82) is 0 Å². The molecule has 19 heavy (non-hydrogen) atoms. The second kappa shape index (κ2) is 4.88. The van der Waals surface area contributed by atoms with Crippen molar-refractivity contribution < 1.29 is 9.53 Å². The first-order valence-corrected chi connectivity index (χ1v) is 6.50. The van der Waals surface area contributed by atoms with E-state index in [0.717, 1.165) is 35.4 Å². The first-order valence-electron chi connectivity index (χ1n) is 6.50. The molecule has 4 heteroatoms. The quantitative estimate of drug-likeness (QED) is 0.843. The van der Waals surface area contributed by atoms with Gasteiger partial charge in [0.15, 0.2) is 5.78 Å². The van der Waals surface area contributed by atoms with E-state index in [-0.39, 0.29) is 5.78 Å². The topological polar surface area (TPSA) is 44.1 Å². The highest BCUT2D eigenvalue weighted by Gasteiger charge is 2.19. The summed E-state index contributed by atoms with van der Waals surface area (Å²) in [5.74, 6) is 1.07. The van der Waals surface area contributed by atoms with Gasteiger partial charge in [0.2, 0.25) is 0 Å². The van der Waals surface area contributed by atoms with E-state index in [2.05, 4.69) is 5.10 Å². The lowest BCUT2D eigenvalue weighted by Gasteiger charge is -2.07. The van der Waals surface area contributed by atoms with Crippen molar-refractivity contribution in [2.24, 2.45) is 0 Å². The Kier molecular flexibility index (Phi) is 3.07. The molecule has 0 unspecified atom stereocenters. The van der Waals surface area contributed by atoms with Crippen LogP contribution in [0.4, 0.5) is 0 Å². The maximum Gasteiger partial charge on any atom is 0.163 e. The lowest BCUT2D eigenvalue weighted by molar-refractivity contribution is 0.0994. The fraction of sp³-hybridized carbons (Fsp3) is 0.333. The largest absolute Gasteiger partial charge is 0.492 e. The molecule has 0 N–H and O–H groups in total. The maximum atomic E-state index is 11.5. The van der Waals surface area contributed by atoms with E-state index in [1.54, 1.807) is 0 Å². The summed E-state index contributed by atoms with van der Waals surface area (Å²) in [7, 11) is 0. The first kappa shape index (κ1) is 12.0. The Morgan fingerprint density at radius 2 is 2.26 bits per heavy atom. The van der Waals surface area contributed by atoms with Gasteiger partial charge in [0.05, 0.1) is 12.7 Å². The van der Waals surface area contributed by atoms with Crippen LogP contribution in [0.2, 0.25) is 0 Å². The number of nitrogens with zero attached hydrogens (tertiary/aromatic N) is 2. The molecule has 1 aliphatic carbocycles. The van der Waals surface area contributed by atoms with Gasteiger partial charge in [-0.2, -0.15) is 5.10 Å². The van der Waals surface area contributed by atoms with Crippen molar-refractivity contribution in [2.75, 3.05) is 6.61 Å². The number of ether oxygens (including phenoxy) is 1. The molecule has 0 amide bonds. The fourth-order valence-electron chi connectivity index (χ4n) is 2.37. The van der Waals surface area contributed by atoms with Gasteiger partial charge < -0.3 is 4.74 Å². The number of ketones is 1.